The molecule has 0 bridgehead atoms. The second kappa shape index (κ2) is 11.2. The fourth-order valence-electron chi connectivity index (χ4n) is 6.52. The molecule has 2 heterocycles. The van der Waals surface area contributed by atoms with Gasteiger partial charge in [0.1, 0.15) is 11.5 Å². The number of nitrogens with zero attached hydrogens (tertiary/aromatic N) is 3. The number of nitrogens with one attached hydrogen (secondary N) is 1. The zero-order chi connectivity index (χ0) is 27.6. The smallest absolute Gasteiger partial charge is 0.228 e. The molecule has 0 saturated heterocycles. The van der Waals surface area contributed by atoms with E-state index < -0.39 is 6.04 Å². The van der Waals surface area contributed by atoms with Gasteiger partial charge >= 0.3 is 0 Å². The van der Waals surface area contributed by atoms with Crippen molar-refractivity contribution in [2.75, 3.05) is 6.61 Å². The van der Waals surface area contributed by atoms with Gasteiger partial charge in [0.2, 0.25) is 5.91 Å². The van der Waals surface area contributed by atoms with Crippen LogP contribution in [-0.2, 0) is 11.3 Å². The Morgan fingerprint density at radius 1 is 0.925 bits per heavy atom. The summed E-state index contributed by atoms with van der Waals surface area (Å²) >= 11 is 0. The molecule has 40 heavy (non-hydrogen) atoms. The van der Waals surface area contributed by atoms with Gasteiger partial charge in [-0.15, -0.1) is 0 Å². The number of hydrogen-bond acceptors (Lipinski definition) is 4. The van der Waals surface area contributed by atoms with Gasteiger partial charge in [-0.25, -0.2) is 9.97 Å². The lowest BCUT2D eigenvalue weighted by atomic mass is 9.83. The van der Waals surface area contributed by atoms with E-state index >= 15 is 0 Å². The van der Waals surface area contributed by atoms with Crippen LogP contribution in [0.5, 0.6) is 0 Å². The number of hydrogen-bond donors (Lipinski definition) is 2. The molecule has 1 amide bonds. The molecule has 6 nitrogen and oxygen atoms in total. The van der Waals surface area contributed by atoms with Crippen LogP contribution in [0.15, 0.2) is 78.9 Å². The molecule has 0 radical (unpaired) electrons. The van der Waals surface area contributed by atoms with E-state index in [1.165, 1.54) is 5.39 Å². The summed E-state index contributed by atoms with van der Waals surface area (Å²) in [6.45, 7) is 4.54. The van der Waals surface area contributed by atoms with E-state index in [4.69, 9.17) is 4.98 Å². The Hall–Kier alpha value is -4.03. The summed E-state index contributed by atoms with van der Waals surface area (Å²) in [4.78, 5) is 23.2. The average Bonchev–Trinajstić information content (AvgIpc) is 3.60. The van der Waals surface area contributed by atoms with Crippen molar-refractivity contribution in [2.45, 2.75) is 58.0 Å². The van der Waals surface area contributed by atoms with Gasteiger partial charge in [0.05, 0.1) is 29.8 Å². The maximum Gasteiger partial charge on any atom is 0.228 e. The van der Waals surface area contributed by atoms with E-state index in [0.29, 0.717) is 12.5 Å². The number of benzene rings is 3. The summed E-state index contributed by atoms with van der Waals surface area (Å²) in [5.41, 5.74) is 6.20. The second-order valence-electron chi connectivity index (χ2n) is 11.1. The SMILES string of the molecule is Cc1nc(C)c2c3ccccc3n(Cc3ccc([C@@H](C(=O)N[C@H](CO)c4ccccc4)C4CCCC4)cc3)c2n1. The first kappa shape index (κ1) is 26.2. The average molecular weight is 533 g/mol. The van der Waals surface area contributed by atoms with E-state index in [1.807, 2.05) is 37.3 Å². The molecular formula is C34H36N4O2. The number of aromatic nitrogens is 3. The molecular weight excluding hydrogens is 496 g/mol. The van der Waals surface area contributed by atoms with Crippen molar-refractivity contribution in [1.82, 2.24) is 19.9 Å². The zero-order valence-electron chi connectivity index (χ0n) is 23.2. The van der Waals surface area contributed by atoms with E-state index in [2.05, 4.69) is 70.3 Å². The minimum atomic E-state index is -0.416. The van der Waals surface area contributed by atoms with E-state index in [-0.39, 0.29) is 18.4 Å². The molecule has 0 spiro atoms. The number of carbonyl (C=O) groups is 1. The van der Waals surface area contributed by atoms with Crippen LogP contribution >= 0.6 is 0 Å². The monoisotopic (exact) mass is 532 g/mol. The second-order valence-corrected chi connectivity index (χ2v) is 11.1. The molecule has 1 saturated carbocycles. The number of carbonyl (C=O) groups excluding carboxylic acids is 1. The van der Waals surface area contributed by atoms with Gasteiger partial charge in [0, 0.05) is 17.3 Å². The lowest BCUT2D eigenvalue weighted by molar-refractivity contribution is -0.124. The molecule has 2 N–H and O–H groups in total. The maximum atomic E-state index is 13.7. The predicted molar refractivity (Wildman–Crippen MR) is 159 cm³/mol. The zero-order valence-corrected chi connectivity index (χ0v) is 23.2. The van der Waals surface area contributed by atoms with Gasteiger partial charge in [-0.2, -0.15) is 0 Å². The van der Waals surface area contributed by atoms with Crippen molar-refractivity contribution in [3.05, 3.63) is 107 Å². The predicted octanol–water partition coefficient (Wildman–Crippen LogP) is 6.37. The van der Waals surface area contributed by atoms with Crippen molar-refractivity contribution in [2.24, 2.45) is 5.92 Å². The lowest BCUT2D eigenvalue weighted by Gasteiger charge is -2.26. The highest BCUT2D eigenvalue weighted by Gasteiger charge is 2.33. The number of amides is 1. The minimum absolute atomic E-state index is 0.00685. The molecule has 2 aromatic heterocycles. The first-order valence-electron chi connectivity index (χ1n) is 14.3. The van der Waals surface area contributed by atoms with E-state index in [1.54, 1.807) is 0 Å². The highest BCUT2D eigenvalue weighted by Crippen LogP contribution is 2.38. The lowest BCUT2D eigenvalue weighted by Crippen LogP contribution is -2.37. The fraction of sp³-hybridized carbons (Fsp3) is 0.324. The van der Waals surface area contributed by atoms with Gasteiger partial charge in [0.15, 0.2) is 0 Å². The van der Waals surface area contributed by atoms with Crippen LogP contribution in [0.1, 0.15) is 65.9 Å². The molecule has 5 aromatic rings. The minimum Gasteiger partial charge on any atom is -0.394 e. The highest BCUT2D eigenvalue weighted by molar-refractivity contribution is 6.07. The molecule has 1 fully saturated rings. The molecule has 6 heteroatoms. The molecule has 1 aliphatic rings. The third-order valence-electron chi connectivity index (χ3n) is 8.44. The van der Waals surface area contributed by atoms with Gasteiger partial charge in [-0.3, -0.25) is 4.79 Å². The topological polar surface area (TPSA) is 80.0 Å². The number of fused-ring (bicyclic) bond motifs is 3. The van der Waals surface area contributed by atoms with Crippen molar-refractivity contribution in [1.29, 1.82) is 0 Å². The van der Waals surface area contributed by atoms with Gasteiger partial charge in [-0.1, -0.05) is 85.6 Å². The summed E-state index contributed by atoms with van der Waals surface area (Å²) in [5.74, 6) is 0.834. The summed E-state index contributed by atoms with van der Waals surface area (Å²) in [6, 6.07) is 26.2. The molecule has 1 aliphatic carbocycles. The van der Waals surface area contributed by atoms with Crippen molar-refractivity contribution in [3.63, 3.8) is 0 Å². The summed E-state index contributed by atoms with van der Waals surface area (Å²) in [6.07, 6.45) is 4.41. The summed E-state index contributed by atoms with van der Waals surface area (Å²) < 4.78 is 2.27. The molecule has 2 atom stereocenters. The van der Waals surface area contributed by atoms with Crippen molar-refractivity contribution >= 4 is 27.8 Å². The maximum absolute atomic E-state index is 13.7. The molecule has 6 rings (SSSR count). The number of aryl methyl sites for hydroxylation is 2. The van der Waals surface area contributed by atoms with Crippen molar-refractivity contribution < 1.29 is 9.90 Å². The van der Waals surface area contributed by atoms with Crippen LogP contribution < -0.4 is 5.32 Å². The first-order chi connectivity index (χ1) is 19.5. The Labute approximate surface area is 235 Å². The third kappa shape index (κ3) is 5.00. The summed E-state index contributed by atoms with van der Waals surface area (Å²) in [5, 5.41) is 15.5. The Morgan fingerprint density at radius 2 is 1.62 bits per heavy atom. The molecule has 3 aromatic carbocycles. The Kier molecular flexibility index (Phi) is 7.35. The number of para-hydroxylation sites is 1. The van der Waals surface area contributed by atoms with Gasteiger partial charge in [0.25, 0.3) is 0 Å². The standard InChI is InChI=1S/C34H36N4O2/c1-22-31-28-14-8-9-15-30(28)38(33(31)36-23(2)35-22)20-24-16-18-27(19-17-24)32(26-12-6-7-13-26)34(40)37-29(21-39)25-10-4-3-5-11-25/h3-5,8-11,14-19,26,29,32,39H,6-7,12-13,20-21H2,1-2H3,(H,37,40)/t29-,32+/m1/s1. The van der Waals surface area contributed by atoms with Crippen molar-refractivity contribution in [3.8, 4) is 0 Å². The van der Waals surface area contributed by atoms with Crippen LogP contribution in [-0.4, -0.2) is 32.2 Å². The van der Waals surface area contributed by atoms with Gasteiger partial charge in [-0.05, 0) is 55.4 Å². The summed E-state index contributed by atoms with van der Waals surface area (Å²) in [7, 11) is 0. The Bertz CT molecular complexity index is 1640. The Balaban J connectivity index is 1.30. The molecule has 204 valence electrons. The van der Waals surface area contributed by atoms with Crippen LogP contribution in [0.4, 0.5) is 0 Å². The fourth-order valence-corrected chi connectivity index (χ4v) is 6.52. The Morgan fingerprint density at radius 3 is 2.35 bits per heavy atom. The molecule has 0 aliphatic heterocycles. The first-order valence-corrected chi connectivity index (χ1v) is 14.3. The normalized spacial score (nSPS) is 15.5. The van der Waals surface area contributed by atoms with E-state index in [0.717, 1.165) is 70.4 Å². The quantitative estimate of drug-likeness (QED) is 0.243. The third-order valence-corrected chi connectivity index (χ3v) is 8.44. The van der Waals surface area contributed by atoms with Crippen LogP contribution in [0.3, 0.4) is 0 Å². The largest absolute Gasteiger partial charge is 0.394 e. The molecule has 0 unspecified atom stereocenters. The van der Waals surface area contributed by atoms with Crippen LogP contribution in [0.2, 0.25) is 0 Å². The number of aliphatic hydroxyl groups is 1. The van der Waals surface area contributed by atoms with E-state index in [9.17, 15) is 9.90 Å². The van der Waals surface area contributed by atoms with Crippen LogP contribution in [0.25, 0.3) is 21.9 Å². The highest BCUT2D eigenvalue weighted by atomic mass is 16.3. The number of rotatable bonds is 8. The van der Waals surface area contributed by atoms with Crippen LogP contribution in [0, 0.1) is 19.8 Å². The van der Waals surface area contributed by atoms with Gasteiger partial charge < -0.3 is 15.0 Å². The number of aliphatic hydroxyl groups excluding tert-OH is 1.